The van der Waals surface area contributed by atoms with Crippen LogP contribution in [0.1, 0.15) is 0 Å². The third kappa shape index (κ3) is 2.71. The van der Waals surface area contributed by atoms with Crippen molar-refractivity contribution in [2.75, 3.05) is 17.8 Å². The molecule has 0 bridgehead atoms. The maximum atomic E-state index is 11.4. The number of sulfonamides is 1. The van der Waals surface area contributed by atoms with Gasteiger partial charge in [-0.1, -0.05) is 0 Å². The first kappa shape index (κ1) is 13.5. The van der Waals surface area contributed by atoms with E-state index < -0.39 is 10.0 Å². The lowest BCUT2D eigenvalue weighted by Crippen LogP contribution is -2.12. The van der Waals surface area contributed by atoms with Gasteiger partial charge in [0.1, 0.15) is 0 Å². The summed E-state index contributed by atoms with van der Waals surface area (Å²) in [5.74, 6) is 1.27. The zero-order valence-electron chi connectivity index (χ0n) is 10.9. The normalized spacial score (nSPS) is 13.2. The lowest BCUT2D eigenvalue weighted by molar-refractivity contribution is 0.174. The van der Waals surface area contributed by atoms with Crippen LogP contribution in [0.3, 0.4) is 0 Å². The van der Waals surface area contributed by atoms with Gasteiger partial charge in [0, 0.05) is 11.8 Å². The van der Waals surface area contributed by atoms with Gasteiger partial charge >= 0.3 is 0 Å². The number of ether oxygens (including phenoxy) is 2. The van der Waals surface area contributed by atoms with Crippen LogP contribution in [0.2, 0.25) is 0 Å². The van der Waals surface area contributed by atoms with Crippen LogP contribution in [0.5, 0.6) is 11.5 Å². The summed E-state index contributed by atoms with van der Waals surface area (Å²) in [5, 5.41) is 8.14. The van der Waals surface area contributed by atoms with Crippen LogP contribution in [-0.2, 0) is 10.0 Å². The molecule has 7 nitrogen and oxygen atoms in total. The molecule has 2 aromatic rings. The van der Waals surface area contributed by atoms with E-state index >= 15 is 0 Å². The van der Waals surface area contributed by atoms with Gasteiger partial charge in [-0.15, -0.1) is 0 Å². The van der Waals surface area contributed by atoms with Crippen LogP contribution in [-0.4, -0.2) is 15.2 Å². The first-order valence-corrected chi connectivity index (χ1v) is 7.57. The number of nitrogens with one attached hydrogen (secondary N) is 1. The lowest BCUT2D eigenvalue weighted by Gasteiger charge is -2.11. The second-order valence-corrected chi connectivity index (χ2v) is 6.05. The molecule has 21 heavy (non-hydrogen) atoms. The molecule has 0 spiro atoms. The molecule has 3 rings (SSSR count). The van der Waals surface area contributed by atoms with Gasteiger partial charge in [0.2, 0.25) is 16.8 Å². The van der Waals surface area contributed by atoms with Gasteiger partial charge in [-0.3, -0.25) is 0 Å². The Morgan fingerprint density at radius 1 is 1.05 bits per heavy atom. The first-order chi connectivity index (χ1) is 9.93. The number of anilines is 3. The molecule has 2 aromatic carbocycles. The molecule has 0 aliphatic carbocycles. The molecule has 1 aliphatic rings. The summed E-state index contributed by atoms with van der Waals surface area (Å²) in [7, 11) is -3.78. The summed E-state index contributed by atoms with van der Waals surface area (Å²) >= 11 is 0. The summed E-state index contributed by atoms with van der Waals surface area (Å²) in [4.78, 5) is -0.0139. The van der Waals surface area contributed by atoms with Crippen molar-refractivity contribution in [3.63, 3.8) is 0 Å². The van der Waals surface area contributed by atoms with Gasteiger partial charge in [0.15, 0.2) is 11.5 Å². The number of nitrogen functional groups attached to an aromatic ring is 1. The second kappa shape index (κ2) is 4.83. The molecule has 1 heterocycles. The van der Waals surface area contributed by atoms with E-state index in [1.807, 2.05) is 0 Å². The molecule has 0 aromatic heterocycles. The Balaban J connectivity index is 1.94. The zero-order valence-corrected chi connectivity index (χ0v) is 11.7. The quantitative estimate of drug-likeness (QED) is 0.738. The Kier molecular flexibility index (Phi) is 3.11. The van der Waals surface area contributed by atoms with Crippen molar-refractivity contribution < 1.29 is 17.9 Å². The van der Waals surface area contributed by atoms with Crippen LogP contribution in [0.4, 0.5) is 17.1 Å². The van der Waals surface area contributed by atoms with Crippen molar-refractivity contribution in [2.45, 2.75) is 4.90 Å². The van der Waals surface area contributed by atoms with Crippen LogP contribution < -0.4 is 25.7 Å². The number of hydrogen-bond acceptors (Lipinski definition) is 6. The number of hydrogen-bond donors (Lipinski definition) is 3. The summed E-state index contributed by atoms with van der Waals surface area (Å²) in [5.41, 5.74) is 7.38. The fourth-order valence-electron chi connectivity index (χ4n) is 1.95. The van der Waals surface area contributed by atoms with E-state index in [0.29, 0.717) is 28.6 Å². The van der Waals surface area contributed by atoms with Gasteiger partial charge in [-0.25, -0.2) is 13.6 Å². The summed E-state index contributed by atoms with van der Waals surface area (Å²) in [6.07, 6.45) is 0. The smallest absolute Gasteiger partial charge is 0.238 e. The highest BCUT2D eigenvalue weighted by molar-refractivity contribution is 7.89. The summed E-state index contributed by atoms with van der Waals surface area (Å²) in [6, 6.07) is 9.49. The van der Waals surface area contributed by atoms with Gasteiger partial charge in [0.05, 0.1) is 16.3 Å². The number of primary sulfonamides is 1. The van der Waals surface area contributed by atoms with Crippen LogP contribution >= 0.6 is 0 Å². The number of nitrogens with two attached hydrogens (primary N) is 2. The Hall–Kier alpha value is -2.45. The molecule has 0 atom stereocenters. The maximum absolute atomic E-state index is 11.4. The van der Waals surface area contributed by atoms with Gasteiger partial charge in [-0.2, -0.15) is 0 Å². The average Bonchev–Trinajstić information content (AvgIpc) is 2.87. The minimum atomic E-state index is -3.78. The van der Waals surface area contributed by atoms with Crippen molar-refractivity contribution in [2.24, 2.45) is 5.14 Å². The van der Waals surface area contributed by atoms with E-state index in [9.17, 15) is 8.42 Å². The monoisotopic (exact) mass is 307 g/mol. The minimum absolute atomic E-state index is 0.0139. The Bertz CT molecular complexity index is 805. The van der Waals surface area contributed by atoms with Gasteiger partial charge in [0.25, 0.3) is 0 Å². The Morgan fingerprint density at radius 2 is 1.81 bits per heavy atom. The molecular weight excluding hydrogens is 294 g/mol. The Morgan fingerprint density at radius 3 is 2.57 bits per heavy atom. The van der Waals surface area contributed by atoms with Crippen LogP contribution in [0.15, 0.2) is 41.3 Å². The number of rotatable bonds is 3. The van der Waals surface area contributed by atoms with Crippen molar-refractivity contribution in [3.8, 4) is 11.5 Å². The molecule has 1 aliphatic heterocycles. The molecule has 0 amide bonds. The molecule has 0 saturated carbocycles. The highest BCUT2D eigenvalue weighted by Crippen LogP contribution is 2.36. The SMILES string of the molecule is Nc1ccc(S(N)(=O)=O)cc1Nc1ccc2c(c1)OCO2. The van der Waals surface area contributed by atoms with Crippen molar-refractivity contribution in [1.29, 1.82) is 0 Å². The first-order valence-electron chi connectivity index (χ1n) is 6.02. The van der Waals surface area contributed by atoms with Crippen LogP contribution in [0.25, 0.3) is 0 Å². The molecule has 0 unspecified atom stereocenters. The molecule has 0 radical (unpaired) electrons. The highest BCUT2D eigenvalue weighted by Gasteiger charge is 2.14. The molecule has 8 heteroatoms. The number of fused-ring (bicyclic) bond motifs is 1. The van der Waals surface area contributed by atoms with E-state index in [-0.39, 0.29) is 11.7 Å². The van der Waals surface area contributed by atoms with Crippen molar-refractivity contribution in [1.82, 2.24) is 0 Å². The zero-order chi connectivity index (χ0) is 15.0. The van der Waals surface area contributed by atoms with Gasteiger partial charge in [-0.05, 0) is 30.3 Å². The van der Waals surface area contributed by atoms with Crippen molar-refractivity contribution in [3.05, 3.63) is 36.4 Å². The number of benzene rings is 2. The predicted molar refractivity (Wildman–Crippen MR) is 78.1 cm³/mol. The topological polar surface area (TPSA) is 117 Å². The van der Waals surface area contributed by atoms with Crippen molar-refractivity contribution >= 4 is 27.1 Å². The molecule has 110 valence electrons. The second-order valence-electron chi connectivity index (χ2n) is 4.49. The highest BCUT2D eigenvalue weighted by atomic mass is 32.2. The predicted octanol–water partition coefficient (Wildman–Crippen LogP) is 1.39. The average molecular weight is 307 g/mol. The van der Waals surface area contributed by atoms with Gasteiger partial charge < -0.3 is 20.5 Å². The van der Waals surface area contributed by atoms with E-state index in [2.05, 4.69) is 5.32 Å². The van der Waals surface area contributed by atoms with E-state index in [0.717, 1.165) is 0 Å². The lowest BCUT2D eigenvalue weighted by atomic mass is 10.2. The van der Waals surface area contributed by atoms with E-state index in [1.165, 1.54) is 18.2 Å². The van der Waals surface area contributed by atoms with E-state index in [4.69, 9.17) is 20.3 Å². The summed E-state index contributed by atoms with van der Waals surface area (Å²) in [6.45, 7) is 0.182. The third-order valence-electron chi connectivity index (χ3n) is 3.00. The maximum Gasteiger partial charge on any atom is 0.238 e. The summed E-state index contributed by atoms with van der Waals surface area (Å²) < 4.78 is 33.2. The third-order valence-corrected chi connectivity index (χ3v) is 3.92. The molecular formula is C13H13N3O4S. The largest absolute Gasteiger partial charge is 0.454 e. The fourth-order valence-corrected chi connectivity index (χ4v) is 2.49. The van der Waals surface area contributed by atoms with Crippen LogP contribution in [0, 0.1) is 0 Å². The molecule has 0 fully saturated rings. The Labute approximate surface area is 121 Å². The molecule has 5 N–H and O–H groups in total. The molecule has 0 saturated heterocycles. The minimum Gasteiger partial charge on any atom is -0.454 e. The fraction of sp³-hybridized carbons (Fsp3) is 0.0769. The standard InChI is InChI=1S/C13H13N3O4S/c14-10-3-2-9(21(15,17)18)6-11(10)16-8-1-4-12-13(5-8)20-7-19-12/h1-6,16H,7,14H2,(H2,15,17,18). The van der Waals surface area contributed by atoms with E-state index in [1.54, 1.807) is 18.2 Å².